The average molecular weight is 327 g/mol. The first-order valence-corrected chi connectivity index (χ1v) is 7.73. The Morgan fingerprint density at radius 2 is 2.21 bits per heavy atom. The third-order valence-corrected chi connectivity index (χ3v) is 4.44. The molecule has 3 nitrogen and oxygen atoms in total. The fraction of sp³-hybridized carbons (Fsp3) is 0.600. The first-order chi connectivity index (χ1) is 9.20. The number of nitrogens with zero attached hydrogens (tertiary/aromatic N) is 1. The molecule has 2 rings (SSSR count). The van der Waals surface area contributed by atoms with Crippen LogP contribution in [0.15, 0.2) is 22.7 Å². The van der Waals surface area contributed by atoms with Gasteiger partial charge in [0.25, 0.3) is 0 Å². The van der Waals surface area contributed by atoms with Crippen LogP contribution >= 0.6 is 15.9 Å². The lowest BCUT2D eigenvalue weighted by Gasteiger charge is -2.27. The Labute approximate surface area is 124 Å². The molecule has 1 aliphatic heterocycles. The quantitative estimate of drug-likeness (QED) is 0.920. The summed E-state index contributed by atoms with van der Waals surface area (Å²) in [6, 6.07) is 7.03. The summed E-state index contributed by atoms with van der Waals surface area (Å²) in [5.74, 6) is 0.894. The molecule has 1 aromatic rings. The molecule has 1 fully saturated rings. The molecular weight excluding hydrogens is 304 g/mol. The summed E-state index contributed by atoms with van der Waals surface area (Å²) < 4.78 is 6.30. The van der Waals surface area contributed by atoms with E-state index in [1.807, 2.05) is 6.07 Å². The van der Waals surface area contributed by atoms with Gasteiger partial charge in [0.05, 0.1) is 11.6 Å². The molecule has 106 valence electrons. The molecule has 1 aromatic carbocycles. The van der Waals surface area contributed by atoms with E-state index in [2.05, 4.69) is 45.3 Å². The van der Waals surface area contributed by atoms with Crippen LogP contribution in [0, 0.1) is 0 Å². The van der Waals surface area contributed by atoms with Crippen molar-refractivity contribution >= 4 is 15.9 Å². The zero-order valence-electron chi connectivity index (χ0n) is 11.8. The molecule has 1 saturated heterocycles. The van der Waals surface area contributed by atoms with Gasteiger partial charge >= 0.3 is 0 Å². The Morgan fingerprint density at radius 1 is 1.37 bits per heavy atom. The van der Waals surface area contributed by atoms with Crippen LogP contribution in [-0.4, -0.2) is 38.2 Å². The SMILES string of the molecule is COc1ccc(CN(C)C2CCCNCC2)cc1Br. The molecule has 19 heavy (non-hydrogen) atoms. The van der Waals surface area contributed by atoms with Gasteiger partial charge in [-0.2, -0.15) is 0 Å². The highest BCUT2D eigenvalue weighted by atomic mass is 79.9. The van der Waals surface area contributed by atoms with E-state index in [4.69, 9.17) is 4.74 Å². The van der Waals surface area contributed by atoms with Crippen molar-refractivity contribution in [2.75, 3.05) is 27.2 Å². The smallest absolute Gasteiger partial charge is 0.133 e. The molecule has 0 amide bonds. The van der Waals surface area contributed by atoms with Gasteiger partial charge in [-0.15, -0.1) is 0 Å². The van der Waals surface area contributed by atoms with E-state index in [1.54, 1.807) is 7.11 Å². The summed E-state index contributed by atoms with van der Waals surface area (Å²) >= 11 is 3.55. The molecular formula is C15H23BrN2O. The fourth-order valence-corrected chi connectivity index (χ4v) is 3.25. The molecule has 1 atom stereocenters. The van der Waals surface area contributed by atoms with Gasteiger partial charge in [-0.3, -0.25) is 4.90 Å². The zero-order chi connectivity index (χ0) is 13.7. The summed E-state index contributed by atoms with van der Waals surface area (Å²) in [7, 11) is 3.93. The van der Waals surface area contributed by atoms with Gasteiger partial charge in [0.1, 0.15) is 5.75 Å². The van der Waals surface area contributed by atoms with Crippen molar-refractivity contribution in [3.8, 4) is 5.75 Å². The molecule has 1 unspecified atom stereocenters. The lowest BCUT2D eigenvalue weighted by molar-refractivity contribution is 0.216. The van der Waals surface area contributed by atoms with E-state index in [0.29, 0.717) is 6.04 Å². The Kier molecular flexibility index (Phi) is 5.67. The van der Waals surface area contributed by atoms with Crippen molar-refractivity contribution in [3.63, 3.8) is 0 Å². The third-order valence-electron chi connectivity index (χ3n) is 3.82. The highest BCUT2D eigenvalue weighted by Gasteiger charge is 2.17. The lowest BCUT2D eigenvalue weighted by Crippen LogP contribution is -2.32. The second-order valence-electron chi connectivity index (χ2n) is 5.22. The predicted octanol–water partition coefficient (Wildman–Crippen LogP) is 3.03. The van der Waals surface area contributed by atoms with Crippen LogP contribution in [0.2, 0.25) is 0 Å². The van der Waals surface area contributed by atoms with E-state index in [0.717, 1.165) is 23.3 Å². The number of benzene rings is 1. The van der Waals surface area contributed by atoms with Gasteiger partial charge in [-0.25, -0.2) is 0 Å². The maximum atomic E-state index is 5.27. The van der Waals surface area contributed by atoms with Crippen LogP contribution in [0.3, 0.4) is 0 Å². The van der Waals surface area contributed by atoms with Crippen LogP contribution in [0.5, 0.6) is 5.75 Å². The second-order valence-corrected chi connectivity index (χ2v) is 6.07. The average Bonchev–Trinajstić information content (AvgIpc) is 2.68. The fourth-order valence-electron chi connectivity index (χ4n) is 2.67. The zero-order valence-corrected chi connectivity index (χ0v) is 13.4. The molecule has 0 radical (unpaired) electrons. The first-order valence-electron chi connectivity index (χ1n) is 6.94. The molecule has 1 aliphatic rings. The lowest BCUT2D eigenvalue weighted by atomic mass is 10.1. The second kappa shape index (κ2) is 7.27. The molecule has 1 N–H and O–H groups in total. The number of hydrogen-bond acceptors (Lipinski definition) is 3. The number of hydrogen-bond donors (Lipinski definition) is 1. The highest BCUT2D eigenvalue weighted by Crippen LogP contribution is 2.26. The monoisotopic (exact) mass is 326 g/mol. The molecule has 4 heteroatoms. The van der Waals surface area contributed by atoms with Crippen molar-refractivity contribution < 1.29 is 4.74 Å². The largest absolute Gasteiger partial charge is 0.496 e. The Hall–Kier alpha value is -0.580. The van der Waals surface area contributed by atoms with E-state index < -0.39 is 0 Å². The van der Waals surface area contributed by atoms with Gasteiger partial charge in [0.15, 0.2) is 0 Å². The van der Waals surface area contributed by atoms with E-state index >= 15 is 0 Å². The summed E-state index contributed by atoms with van der Waals surface area (Å²) in [6.45, 7) is 3.30. The van der Waals surface area contributed by atoms with Crippen LogP contribution < -0.4 is 10.1 Å². The van der Waals surface area contributed by atoms with Crippen molar-refractivity contribution in [2.24, 2.45) is 0 Å². The molecule has 0 spiro atoms. The molecule has 0 bridgehead atoms. The number of rotatable bonds is 4. The van der Waals surface area contributed by atoms with Gasteiger partial charge in [0.2, 0.25) is 0 Å². The maximum absolute atomic E-state index is 5.27. The number of nitrogens with one attached hydrogen (secondary N) is 1. The van der Waals surface area contributed by atoms with Gasteiger partial charge < -0.3 is 10.1 Å². The molecule has 0 aromatic heterocycles. The number of halogens is 1. The van der Waals surface area contributed by atoms with Crippen LogP contribution in [-0.2, 0) is 6.54 Å². The standard InChI is InChI=1S/C15H23BrN2O/c1-18(13-4-3-8-17-9-7-13)11-12-5-6-15(19-2)14(16)10-12/h5-6,10,13,17H,3-4,7-9,11H2,1-2H3. The predicted molar refractivity (Wildman–Crippen MR) is 82.7 cm³/mol. The summed E-state index contributed by atoms with van der Waals surface area (Å²) in [5, 5.41) is 3.47. The molecule has 0 aliphatic carbocycles. The maximum Gasteiger partial charge on any atom is 0.133 e. The van der Waals surface area contributed by atoms with Crippen molar-refractivity contribution in [2.45, 2.75) is 31.8 Å². The minimum absolute atomic E-state index is 0.691. The summed E-state index contributed by atoms with van der Waals surface area (Å²) in [4.78, 5) is 2.47. The topological polar surface area (TPSA) is 24.5 Å². The summed E-state index contributed by atoms with van der Waals surface area (Å²) in [5.41, 5.74) is 1.33. The van der Waals surface area contributed by atoms with Crippen LogP contribution in [0.25, 0.3) is 0 Å². The van der Waals surface area contributed by atoms with Crippen molar-refractivity contribution in [1.82, 2.24) is 10.2 Å². The van der Waals surface area contributed by atoms with E-state index in [9.17, 15) is 0 Å². The van der Waals surface area contributed by atoms with Crippen molar-refractivity contribution in [1.29, 1.82) is 0 Å². The minimum Gasteiger partial charge on any atom is -0.496 e. The molecule has 1 heterocycles. The third kappa shape index (κ3) is 4.20. The molecule has 0 saturated carbocycles. The Balaban J connectivity index is 1.97. The minimum atomic E-state index is 0.691. The van der Waals surface area contributed by atoms with E-state index in [1.165, 1.54) is 31.4 Å². The Bertz CT molecular complexity index is 403. The number of ether oxygens (including phenoxy) is 1. The highest BCUT2D eigenvalue weighted by molar-refractivity contribution is 9.10. The Morgan fingerprint density at radius 3 is 2.95 bits per heavy atom. The number of methoxy groups -OCH3 is 1. The summed E-state index contributed by atoms with van der Waals surface area (Å²) in [6.07, 6.45) is 3.82. The van der Waals surface area contributed by atoms with Crippen LogP contribution in [0.4, 0.5) is 0 Å². The first kappa shape index (κ1) is 14.8. The normalized spacial score (nSPS) is 20.3. The van der Waals surface area contributed by atoms with Crippen molar-refractivity contribution in [3.05, 3.63) is 28.2 Å². The van der Waals surface area contributed by atoms with Crippen LogP contribution in [0.1, 0.15) is 24.8 Å². The van der Waals surface area contributed by atoms with Gasteiger partial charge in [-0.05, 0) is 73.0 Å². The van der Waals surface area contributed by atoms with Gasteiger partial charge in [-0.1, -0.05) is 6.07 Å². The van der Waals surface area contributed by atoms with E-state index in [-0.39, 0.29) is 0 Å². The van der Waals surface area contributed by atoms with Gasteiger partial charge in [0, 0.05) is 12.6 Å².